The van der Waals surface area contributed by atoms with Crippen LogP contribution in [0.3, 0.4) is 0 Å². The third-order valence-electron chi connectivity index (χ3n) is 12.4. The summed E-state index contributed by atoms with van der Waals surface area (Å²) in [6.07, 6.45) is 51.3. The summed E-state index contributed by atoms with van der Waals surface area (Å²) < 4.78 is 30.2. The molecule has 10 heteroatoms. The maximum Gasteiger partial charge on any atom is 0.306 e. The summed E-state index contributed by atoms with van der Waals surface area (Å²) in [5.41, 5.74) is 0. The van der Waals surface area contributed by atoms with Crippen molar-refractivity contribution >= 4 is 19.7 Å². The van der Waals surface area contributed by atoms with Gasteiger partial charge in [0.25, 0.3) is 7.82 Å². The topological polar surface area (TPSA) is 114 Å². The minimum Gasteiger partial charge on any atom is -0.756 e. The van der Waals surface area contributed by atoms with Gasteiger partial charge in [-0.1, -0.05) is 219 Å². The molecule has 0 spiro atoms. The lowest BCUT2D eigenvalue weighted by molar-refractivity contribution is -0.870. The molecule has 65 heavy (non-hydrogen) atoms. The van der Waals surface area contributed by atoms with Crippen LogP contribution in [0.15, 0.2) is 24.3 Å². The number of ether oxygens (including phenoxy) is 1. The molecule has 0 aliphatic heterocycles. The highest BCUT2D eigenvalue weighted by molar-refractivity contribution is 7.45. The molecule has 3 atom stereocenters. The van der Waals surface area contributed by atoms with Crippen LogP contribution in [0.25, 0.3) is 0 Å². The van der Waals surface area contributed by atoms with E-state index in [9.17, 15) is 19.0 Å². The largest absolute Gasteiger partial charge is 0.756 e. The number of hydrogen-bond acceptors (Lipinski definition) is 7. The Morgan fingerprint density at radius 1 is 0.523 bits per heavy atom. The van der Waals surface area contributed by atoms with Gasteiger partial charge in [-0.25, -0.2) is 0 Å². The number of esters is 1. The number of likely N-dealkylation sites (N-methyl/N-ethyl adjacent to an activating group) is 1. The average Bonchev–Trinajstić information content (AvgIpc) is 3.26. The van der Waals surface area contributed by atoms with E-state index in [0.29, 0.717) is 17.4 Å². The molecule has 384 valence electrons. The van der Waals surface area contributed by atoms with Crippen molar-refractivity contribution in [3.8, 4) is 0 Å². The normalized spacial score (nSPS) is 14.0. The van der Waals surface area contributed by atoms with Crippen molar-refractivity contribution in [3.63, 3.8) is 0 Å². The van der Waals surface area contributed by atoms with Crippen LogP contribution < -0.4 is 10.2 Å². The number of nitrogens with zero attached hydrogens (tertiary/aromatic N) is 1. The molecule has 0 saturated carbocycles. The van der Waals surface area contributed by atoms with Crippen molar-refractivity contribution in [2.24, 2.45) is 0 Å². The first-order valence-electron chi connectivity index (χ1n) is 27.6. The Hall–Kier alpha value is -1.51. The minimum atomic E-state index is -4.68. The lowest BCUT2D eigenvalue weighted by Gasteiger charge is -2.30. The number of phosphoric acid groups is 1. The fourth-order valence-electron chi connectivity index (χ4n) is 8.05. The highest BCUT2D eigenvalue weighted by atomic mass is 31.2. The smallest absolute Gasteiger partial charge is 0.306 e. The van der Waals surface area contributed by atoms with Crippen molar-refractivity contribution in [2.75, 3.05) is 40.9 Å². The molecule has 0 aromatic heterocycles. The van der Waals surface area contributed by atoms with Crippen molar-refractivity contribution in [1.82, 2.24) is 5.32 Å². The molecule has 0 radical (unpaired) electrons. The first-order valence-corrected chi connectivity index (χ1v) is 29.1. The van der Waals surface area contributed by atoms with Gasteiger partial charge in [0, 0.05) is 12.8 Å². The predicted molar refractivity (Wildman–Crippen MR) is 275 cm³/mol. The third-order valence-corrected chi connectivity index (χ3v) is 13.3. The molecule has 0 heterocycles. The summed E-state index contributed by atoms with van der Waals surface area (Å²) in [5.74, 6) is -0.537. The second-order valence-corrected chi connectivity index (χ2v) is 21.5. The number of carbonyl (C=O) groups excluding carboxylic acids is 2. The third kappa shape index (κ3) is 47.4. The van der Waals surface area contributed by atoms with Gasteiger partial charge >= 0.3 is 5.97 Å². The first-order chi connectivity index (χ1) is 31.4. The fraction of sp³-hybridized carbons (Fsp3) is 0.891. The van der Waals surface area contributed by atoms with Gasteiger partial charge in [0.15, 0.2) is 0 Å². The lowest BCUT2D eigenvalue weighted by atomic mass is 10.0. The zero-order valence-corrected chi connectivity index (χ0v) is 44.6. The van der Waals surface area contributed by atoms with E-state index in [2.05, 4.69) is 38.2 Å². The molecular weight excluding hydrogens is 832 g/mol. The van der Waals surface area contributed by atoms with Gasteiger partial charge < -0.3 is 28.5 Å². The first kappa shape index (κ1) is 63.5. The Bertz CT molecular complexity index is 1170. The van der Waals surface area contributed by atoms with Gasteiger partial charge in [-0.2, -0.15) is 0 Å². The highest BCUT2D eigenvalue weighted by Crippen LogP contribution is 2.38. The number of carbonyl (C=O) groups is 2. The highest BCUT2D eigenvalue weighted by Gasteiger charge is 2.27. The number of allylic oxidation sites excluding steroid dienone is 3. The Morgan fingerprint density at radius 2 is 0.892 bits per heavy atom. The van der Waals surface area contributed by atoms with E-state index in [1.807, 2.05) is 33.3 Å². The van der Waals surface area contributed by atoms with Crippen LogP contribution in [-0.2, 0) is 27.9 Å². The SMILES string of the molecule is CCCCCC/C=C\CCCCCCCCCC(=O)OC(/C=C/CCCCCCCCCCC)C(COP(=O)([O-])OCC[N+](C)(C)C)NC(=O)CCCCCCCCCCCCCCC. The van der Waals surface area contributed by atoms with Gasteiger partial charge in [0.05, 0.1) is 33.8 Å². The second kappa shape index (κ2) is 46.2. The van der Waals surface area contributed by atoms with Gasteiger partial charge in [0.2, 0.25) is 5.91 Å². The molecule has 0 aliphatic rings. The van der Waals surface area contributed by atoms with Crippen LogP contribution in [0, 0.1) is 0 Å². The average molecular weight is 939 g/mol. The fourth-order valence-corrected chi connectivity index (χ4v) is 8.77. The predicted octanol–water partition coefficient (Wildman–Crippen LogP) is 15.6. The quantitative estimate of drug-likeness (QED) is 0.0212. The van der Waals surface area contributed by atoms with Gasteiger partial charge in [0.1, 0.15) is 19.3 Å². The summed E-state index contributed by atoms with van der Waals surface area (Å²) in [4.78, 5) is 39.7. The van der Waals surface area contributed by atoms with E-state index in [1.54, 1.807) is 0 Å². The molecule has 9 nitrogen and oxygen atoms in total. The van der Waals surface area contributed by atoms with Crippen molar-refractivity contribution in [3.05, 3.63) is 24.3 Å². The number of hydrogen-bond donors (Lipinski definition) is 1. The summed E-state index contributed by atoms with van der Waals surface area (Å²) in [6.45, 7) is 6.83. The van der Waals surface area contributed by atoms with Crippen LogP contribution in [0.5, 0.6) is 0 Å². The summed E-state index contributed by atoms with van der Waals surface area (Å²) >= 11 is 0. The van der Waals surface area contributed by atoms with Crippen molar-refractivity contribution in [2.45, 2.75) is 277 Å². The number of unbranched alkanes of at least 4 members (excludes halogenated alkanes) is 32. The molecule has 0 aromatic carbocycles. The summed E-state index contributed by atoms with van der Waals surface area (Å²) in [6, 6.07) is -0.882. The van der Waals surface area contributed by atoms with Crippen LogP contribution in [0.4, 0.5) is 0 Å². The molecular formula is C55H107N2O7P. The lowest BCUT2D eigenvalue weighted by Crippen LogP contribution is -2.47. The van der Waals surface area contributed by atoms with E-state index in [4.69, 9.17) is 13.8 Å². The minimum absolute atomic E-state index is 0.0198. The number of nitrogens with one attached hydrogen (secondary N) is 1. The number of quaternary nitrogens is 1. The van der Waals surface area contributed by atoms with Gasteiger partial charge in [-0.05, 0) is 57.4 Å². The van der Waals surface area contributed by atoms with Gasteiger partial charge in [-0.15, -0.1) is 0 Å². The van der Waals surface area contributed by atoms with Crippen molar-refractivity contribution in [1.29, 1.82) is 0 Å². The second-order valence-electron chi connectivity index (χ2n) is 20.1. The van der Waals surface area contributed by atoms with Gasteiger partial charge in [-0.3, -0.25) is 14.2 Å². The van der Waals surface area contributed by atoms with Crippen LogP contribution in [0.2, 0.25) is 0 Å². The van der Waals surface area contributed by atoms with E-state index in [1.165, 1.54) is 161 Å². The van der Waals surface area contributed by atoms with E-state index < -0.39 is 20.0 Å². The Morgan fingerprint density at radius 3 is 1.32 bits per heavy atom. The molecule has 0 fully saturated rings. The molecule has 0 bridgehead atoms. The molecule has 0 saturated heterocycles. The molecule has 1 amide bonds. The monoisotopic (exact) mass is 939 g/mol. The number of amides is 1. The van der Waals surface area contributed by atoms with Crippen LogP contribution >= 0.6 is 7.82 Å². The zero-order chi connectivity index (χ0) is 48.0. The van der Waals surface area contributed by atoms with E-state index in [0.717, 1.165) is 70.6 Å². The molecule has 0 rings (SSSR count). The maximum absolute atomic E-state index is 13.4. The summed E-state index contributed by atoms with van der Waals surface area (Å²) in [7, 11) is 1.19. The van der Waals surface area contributed by atoms with E-state index >= 15 is 0 Å². The Labute approximate surface area is 403 Å². The molecule has 1 N–H and O–H groups in total. The van der Waals surface area contributed by atoms with Crippen LogP contribution in [0.1, 0.15) is 265 Å². The Kier molecular flexibility index (Phi) is 45.2. The van der Waals surface area contributed by atoms with E-state index in [-0.39, 0.29) is 31.5 Å². The molecule has 3 unspecified atom stereocenters. The molecule has 0 aliphatic carbocycles. The summed E-state index contributed by atoms with van der Waals surface area (Å²) in [5, 5.41) is 3.02. The van der Waals surface area contributed by atoms with Crippen LogP contribution in [-0.4, -0.2) is 69.4 Å². The maximum atomic E-state index is 13.4. The van der Waals surface area contributed by atoms with Crippen molar-refractivity contribution < 1.29 is 37.3 Å². The number of phosphoric ester groups is 1. The Balaban J connectivity index is 5.35. The molecule has 0 aromatic rings. The number of rotatable bonds is 50. The zero-order valence-electron chi connectivity index (χ0n) is 43.7. The standard InChI is InChI=1S/C55H107N2O7P/c1-7-10-13-16-19-22-25-27-28-30-33-36-39-42-45-48-55(59)64-53(46-43-40-37-34-31-24-21-18-15-12-9-3)52(51-63-65(60,61)62-50-49-57(4,5)6)56-54(58)47-44-41-38-35-32-29-26-23-20-17-14-11-8-2/h22,25,43,46,52-53H,7-21,23-24,26-42,44-45,47-51H2,1-6H3,(H-,56,58,60,61)/b25-22-,46-43+.